The quantitative estimate of drug-likeness (QED) is 0.647. The maximum Gasteiger partial charge on any atom is 0.00667 e. The molecule has 3 atom stereocenters. The van der Waals surface area contributed by atoms with E-state index < -0.39 is 0 Å². The summed E-state index contributed by atoms with van der Waals surface area (Å²) < 4.78 is 0. The lowest BCUT2D eigenvalue weighted by molar-refractivity contribution is 0.347. The van der Waals surface area contributed by atoms with Crippen LogP contribution in [0, 0.1) is 5.92 Å². The average Bonchev–Trinajstić information content (AvgIpc) is 2.03. The molecule has 2 unspecified atom stereocenters. The molecule has 0 bridgehead atoms. The molecule has 0 spiro atoms. The summed E-state index contributed by atoms with van der Waals surface area (Å²) in [6.45, 7) is 11.4. The molecule has 12 heavy (non-hydrogen) atoms. The van der Waals surface area contributed by atoms with Crippen molar-refractivity contribution >= 4 is 0 Å². The lowest BCUT2D eigenvalue weighted by atomic mass is 9.99. The molecule has 0 aromatic carbocycles. The fraction of sp³-hybridized carbons (Fsp3) is 1.00. The molecular formula is C11H25N. The van der Waals surface area contributed by atoms with Crippen LogP contribution in [0.2, 0.25) is 0 Å². The largest absolute Gasteiger partial charge is 0.312 e. The van der Waals surface area contributed by atoms with Gasteiger partial charge in [0, 0.05) is 12.1 Å². The smallest absolute Gasteiger partial charge is 0.00667 e. The second-order valence-electron chi connectivity index (χ2n) is 4.03. The van der Waals surface area contributed by atoms with Gasteiger partial charge in [0.15, 0.2) is 0 Å². The summed E-state index contributed by atoms with van der Waals surface area (Å²) in [5.41, 5.74) is 0. The first-order valence-corrected chi connectivity index (χ1v) is 5.37. The van der Waals surface area contributed by atoms with Crippen LogP contribution in [-0.2, 0) is 0 Å². The number of rotatable bonds is 6. The Labute approximate surface area is 77.9 Å². The van der Waals surface area contributed by atoms with Crippen LogP contribution in [0.4, 0.5) is 0 Å². The van der Waals surface area contributed by atoms with Crippen LogP contribution in [-0.4, -0.2) is 12.1 Å². The summed E-state index contributed by atoms with van der Waals surface area (Å²) >= 11 is 0. The van der Waals surface area contributed by atoms with Gasteiger partial charge in [0.25, 0.3) is 0 Å². The highest BCUT2D eigenvalue weighted by molar-refractivity contribution is 4.71. The van der Waals surface area contributed by atoms with Gasteiger partial charge in [0.1, 0.15) is 0 Å². The van der Waals surface area contributed by atoms with Gasteiger partial charge in [-0.25, -0.2) is 0 Å². The average molecular weight is 171 g/mol. The molecule has 0 radical (unpaired) electrons. The third kappa shape index (κ3) is 4.76. The van der Waals surface area contributed by atoms with Gasteiger partial charge in [-0.2, -0.15) is 0 Å². The van der Waals surface area contributed by atoms with Gasteiger partial charge in [-0.3, -0.25) is 0 Å². The summed E-state index contributed by atoms with van der Waals surface area (Å²) in [6.07, 6.45) is 3.84. The molecule has 1 nitrogen and oxygen atoms in total. The first-order valence-electron chi connectivity index (χ1n) is 5.37. The minimum Gasteiger partial charge on any atom is -0.312 e. The topological polar surface area (TPSA) is 12.0 Å². The molecule has 1 N–H and O–H groups in total. The molecule has 74 valence electrons. The Morgan fingerprint density at radius 3 is 2.08 bits per heavy atom. The summed E-state index contributed by atoms with van der Waals surface area (Å²) in [4.78, 5) is 0. The molecule has 0 aromatic heterocycles. The molecule has 0 saturated heterocycles. The first kappa shape index (κ1) is 12.0. The van der Waals surface area contributed by atoms with E-state index in [1.165, 1.54) is 19.3 Å². The van der Waals surface area contributed by atoms with E-state index in [0.717, 1.165) is 5.92 Å². The molecule has 0 aromatic rings. The molecule has 0 heterocycles. The summed E-state index contributed by atoms with van der Waals surface area (Å²) in [6, 6.07) is 1.34. The second kappa shape index (κ2) is 6.47. The van der Waals surface area contributed by atoms with E-state index in [2.05, 4.69) is 39.9 Å². The van der Waals surface area contributed by atoms with E-state index in [1.54, 1.807) is 0 Å². The van der Waals surface area contributed by atoms with Crippen molar-refractivity contribution < 1.29 is 0 Å². The summed E-state index contributed by atoms with van der Waals surface area (Å²) in [7, 11) is 0. The highest BCUT2D eigenvalue weighted by Crippen LogP contribution is 2.08. The fourth-order valence-electron chi connectivity index (χ4n) is 1.48. The highest BCUT2D eigenvalue weighted by Gasteiger charge is 2.11. The number of nitrogens with one attached hydrogen (secondary N) is 1. The van der Waals surface area contributed by atoms with Crippen LogP contribution in [0.15, 0.2) is 0 Å². The molecule has 0 aliphatic heterocycles. The molecular weight excluding hydrogens is 146 g/mol. The van der Waals surface area contributed by atoms with Crippen LogP contribution < -0.4 is 5.32 Å². The van der Waals surface area contributed by atoms with Gasteiger partial charge in [-0.1, -0.05) is 33.6 Å². The minimum absolute atomic E-state index is 0.663. The van der Waals surface area contributed by atoms with Gasteiger partial charge in [0.2, 0.25) is 0 Å². The standard InChI is InChI=1S/C11H25N/c1-6-8-10(4)12-11(5)9(3)7-2/h9-12H,6-8H2,1-5H3/t9?,10-,11?/m0/s1. The third-order valence-electron chi connectivity index (χ3n) is 2.77. The molecule has 1 heteroatoms. The Kier molecular flexibility index (Phi) is 6.45. The van der Waals surface area contributed by atoms with Crippen LogP contribution in [0.3, 0.4) is 0 Å². The van der Waals surface area contributed by atoms with Crippen molar-refractivity contribution in [1.82, 2.24) is 5.32 Å². The monoisotopic (exact) mass is 171 g/mol. The van der Waals surface area contributed by atoms with Crippen molar-refractivity contribution in [3.05, 3.63) is 0 Å². The van der Waals surface area contributed by atoms with Crippen molar-refractivity contribution in [3.63, 3.8) is 0 Å². The zero-order chi connectivity index (χ0) is 9.56. The van der Waals surface area contributed by atoms with Crippen molar-refractivity contribution in [2.75, 3.05) is 0 Å². The van der Waals surface area contributed by atoms with Gasteiger partial charge < -0.3 is 5.32 Å². The maximum absolute atomic E-state index is 3.63. The van der Waals surface area contributed by atoms with E-state index >= 15 is 0 Å². The number of hydrogen-bond acceptors (Lipinski definition) is 1. The molecule has 0 rings (SSSR count). The zero-order valence-corrected chi connectivity index (χ0v) is 9.35. The Morgan fingerprint density at radius 2 is 1.67 bits per heavy atom. The van der Waals surface area contributed by atoms with Gasteiger partial charge >= 0.3 is 0 Å². The van der Waals surface area contributed by atoms with Crippen LogP contribution in [0.1, 0.15) is 53.9 Å². The summed E-state index contributed by atoms with van der Waals surface area (Å²) in [5, 5.41) is 3.63. The minimum atomic E-state index is 0.663. The lowest BCUT2D eigenvalue weighted by Crippen LogP contribution is -2.38. The molecule has 0 amide bonds. The predicted octanol–water partition coefficient (Wildman–Crippen LogP) is 3.20. The first-order chi connectivity index (χ1) is 5.61. The molecule has 0 aliphatic carbocycles. The summed E-state index contributed by atoms with van der Waals surface area (Å²) in [5.74, 6) is 0.796. The van der Waals surface area contributed by atoms with E-state index in [-0.39, 0.29) is 0 Å². The Morgan fingerprint density at radius 1 is 1.08 bits per heavy atom. The van der Waals surface area contributed by atoms with Crippen molar-refractivity contribution in [2.24, 2.45) is 5.92 Å². The normalized spacial score (nSPS) is 18.8. The predicted molar refractivity (Wildman–Crippen MR) is 56.4 cm³/mol. The highest BCUT2D eigenvalue weighted by atomic mass is 14.9. The van der Waals surface area contributed by atoms with E-state index in [4.69, 9.17) is 0 Å². The van der Waals surface area contributed by atoms with Crippen LogP contribution in [0.5, 0.6) is 0 Å². The van der Waals surface area contributed by atoms with Crippen molar-refractivity contribution in [3.8, 4) is 0 Å². The Hall–Kier alpha value is -0.0400. The van der Waals surface area contributed by atoms with E-state index in [0.29, 0.717) is 12.1 Å². The van der Waals surface area contributed by atoms with Crippen LogP contribution in [0.25, 0.3) is 0 Å². The molecule has 0 aliphatic rings. The SMILES string of the molecule is CCC[C@H](C)NC(C)C(C)CC. The lowest BCUT2D eigenvalue weighted by Gasteiger charge is -2.24. The maximum atomic E-state index is 3.63. The van der Waals surface area contributed by atoms with Gasteiger partial charge in [-0.05, 0) is 26.2 Å². The Balaban J connectivity index is 3.59. The Bertz CT molecular complexity index is 101. The van der Waals surface area contributed by atoms with Gasteiger partial charge in [-0.15, -0.1) is 0 Å². The molecule has 0 saturated carbocycles. The van der Waals surface area contributed by atoms with Gasteiger partial charge in [0.05, 0.1) is 0 Å². The second-order valence-corrected chi connectivity index (χ2v) is 4.03. The van der Waals surface area contributed by atoms with E-state index in [9.17, 15) is 0 Å². The zero-order valence-electron chi connectivity index (χ0n) is 9.35. The fourth-order valence-corrected chi connectivity index (χ4v) is 1.48. The van der Waals surface area contributed by atoms with Crippen LogP contribution >= 0.6 is 0 Å². The number of hydrogen-bond donors (Lipinski definition) is 1. The van der Waals surface area contributed by atoms with E-state index in [1.807, 2.05) is 0 Å². The van der Waals surface area contributed by atoms with Crippen molar-refractivity contribution in [1.29, 1.82) is 0 Å². The van der Waals surface area contributed by atoms with Crippen molar-refractivity contribution in [2.45, 2.75) is 66.0 Å². The third-order valence-corrected chi connectivity index (χ3v) is 2.77. The molecule has 0 fully saturated rings.